The highest BCUT2D eigenvalue weighted by Crippen LogP contribution is 2.15. The SMILES string of the molecule is CC/C=C\C/C=C\C/C=C\C/C=C\CCCCCCC(=O)OCC(COC(=O)CCCCCCCCCCC)OC(=O)CCCCCCCCCCCCCCCCC. The lowest BCUT2D eigenvalue weighted by Crippen LogP contribution is -2.30. The summed E-state index contributed by atoms with van der Waals surface area (Å²) in [5.74, 6) is -0.898. The van der Waals surface area contributed by atoms with Crippen molar-refractivity contribution in [3.8, 4) is 0 Å². The molecule has 0 aliphatic rings. The van der Waals surface area contributed by atoms with Crippen LogP contribution < -0.4 is 0 Å². The molecule has 0 aromatic heterocycles. The molecule has 0 saturated heterocycles. The maximum absolute atomic E-state index is 12.8. The van der Waals surface area contributed by atoms with Gasteiger partial charge < -0.3 is 14.2 Å². The van der Waals surface area contributed by atoms with E-state index >= 15 is 0 Å². The Hall–Kier alpha value is -2.63. The van der Waals surface area contributed by atoms with Gasteiger partial charge in [-0.05, 0) is 57.8 Å². The van der Waals surface area contributed by atoms with Gasteiger partial charge in [0.05, 0.1) is 0 Å². The summed E-state index contributed by atoms with van der Waals surface area (Å²) in [6, 6.07) is 0. The molecule has 1 atom stereocenters. The van der Waals surface area contributed by atoms with E-state index in [9.17, 15) is 14.4 Å². The molecule has 342 valence electrons. The standard InChI is InChI=1S/C53H94O6/c1-4-7-10-13-16-19-21-23-25-26-28-29-31-34-37-40-43-46-52(55)58-49-50(48-57-51(54)45-42-39-36-33-18-15-12-9-6-3)59-53(56)47-44-41-38-35-32-30-27-24-22-20-17-14-11-8-5-2/h7,10,16,19,23,25,28-29,50H,4-6,8-9,11-15,17-18,20-22,24,26-27,30-49H2,1-3H3/b10-7-,19-16-,25-23-,29-28-. The van der Waals surface area contributed by atoms with Crippen LogP contribution in [-0.2, 0) is 28.6 Å². The van der Waals surface area contributed by atoms with Crippen molar-refractivity contribution in [3.63, 3.8) is 0 Å². The van der Waals surface area contributed by atoms with E-state index in [0.717, 1.165) is 96.3 Å². The summed E-state index contributed by atoms with van der Waals surface area (Å²) < 4.78 is 16.7. The zero-order valence-electron chi connectivity index (χ0n) is 39.0. The Morgan fingerprint density at radius 3 is 1.03 bits per heavy atom. The van der Waals surface area contributed by atoms with Crippen LogP contribution in [0.25, 0.3) is 0 Å². The molecule has 0 radical (unpaired) electrons. The number of carbonyl (C=O) groups is 3. The van der Waals surface area contributed by atoms with Crippen molar-refractivity contribution in [1.29, 1.82) is 0 Å². The highest BCUT2D eigenvalue weighted by molar-refractivity contribution is 5.71. The number of allylic oxidation sites excluding steroid dienone is 8. The van der Waals surface area contributed by atoms with Gasteiger partial charge in [-0.15, -0.1) is 0 Å². The second-order valence-electron chi connectivity index (χ2n) is 16.7. The third-order valence-corrected chi connectivity index (χ3v) is 10.8. The van der Waals surface area contributed by atoms with Gasteiger partial charge in [0, 0.05) is 19.3 Å². The quantitative estimate of drug-likeness (QED) is 0.0263. The van der Waals surface area contributed by atoms with Crippen molar-refractivity contribution < 1.29 is 28.6 Å². The van der Waals surface area contributed by atoms with Crippen LogP contribution in [0.5, 0.6) is 0 Å². The molecular formula is C53H94O6. The van der Waals surface area contributed by atoms with E-state index in [1.54, 1.807) is 0 Å². The van der Waals surface area contributed by atoms with Gasteiger partial charge in [-0.1, -0.05) is 223 Å². The van der Waals surface area contributed by atoms with Crippen LogP contribution in [0.3, 0.4) is 0 Å². The molecule has 0 aliphatic heterocycles. The Kier molecular flexibility index (Phi) is 45.9. The van der Waals surface area contributed by atoms with Crippen molar-refractivity contribution >= 4 is 17.9 Å². The average Bonchev–Trinajstić information content (AvgIpc) is 3.23. The molecule has 6 nitrogen and oxygen atoms in total. The normalized spacial score (nSPS) is 12.4. The van der Waals surface area contributed by atoms with Crippen LogP contribution in [0.4, 0.5) is 0 Å². The van der Waals surface area contributed by atoms with Crippen molar-refractivity contribution in [1.82, 2.24) is 0 Å². The minimum atomic E-state index is -0.777. The van der Waals surface area contributed by atoms with Crippen molar-refractivity contribution in [2.45, 2.75) is 258 Å². The number of hydrogen-bond acceptors (Lipinski definition) is 6. The van der Waals surface area contributed by atoms with Crippen LogP contribution in [-0.4, -0.2) is 37.2 Å². The lowest BCUT2D eigenvalue weighted by Gasteiger charge is -2.18. The Bertz CT molecular complexity index is 1040. The molecule has 0 rings (SSSR count). The Balaban J connectivity index is 4.35. The van der Waals surface area contributed by atoms with Crippen LogP contribution in [0.1, 0.15) is 252 Å². The fourth-order valence-corrected chi connectivity index (χ4v) is 7.08. The molecule has 0 fully saturated rings. The zero-order valence-corrected chi connectivity index (χ0v) is 39.0. The van der Waals surface area contributed by atoms with Gasteiger partial charge in [0.1, 0.15) is 13.2 Å². The van der Waals surface area contributed by atoms with Crippen LogP contribution >= 0.6 is 0 Å². The molecule has 0 bridgehead atoms. The third-order valence-electron chi connectivity index (χ3n) is 10.8. The maximum Gasteiger partial charge on any atom is 0.306 e. The fraction of sp³-hybridized carbons (Fsp3) is 0.792. The Morgan fingerprint density at radius 1 is 0.356 bits per heavy atom. The maximum atomic E-state index is 12.8. The highest BCUT2D eigenvalue weighted by Gasteiger charge is 2.19. The second-order valence-corrected chi connectivity index (χ2v) is 16.7. The van der Waals surface area contributed by atoms with Crippen molar-refractivity contribution in [2.75, 3.05) is 13.2 Å². The summed E-state index contributed by atoms with van der Waals surface area (Å²) in [5, 5.41) is 0. The topological polar surface area (TPSA) is 78.9 Å². The van der Waals surface area contributed by atoms with E-state index in [1.165, 1.54) is 116 Å². The molecule has 0 amide bonds. The highest BCUT2D eigenvalue weighted by atomic mass is 16.6. The summed E-state index contributed by atoms with van der Waals surface area (Å²) in [6.07, 6.45) is 56.7. The Morgan fingerprint density at radius 2 is 0.661 bits per heavy atom. The molecule has 1 unspecified atom stereocenters. The largest absolute Gasteiger partial charge is 0.462 e. The van der Waals surface area contributed by atoms with Crippen LogP contribution in [0.15, 0.2) is 48.6 Å². The number of unbranched alkanes of at least 4 members (excludes halogenated alkanes) is 26. The molecule has 0 heterocycles. The number of hydrogen-bond donors (Lipinski definition) is 0. The Labute approximate surface area is 365 Å². The minimum Gasteiger partial charge on any atom is -0.462 e. The molecule has 0 aliphatic carbocycles. The number of carbonyl (C=O) groups excluding carboxylic acids is 3. The van der Waals surface area contributed by atoms with Gasteiger partial charge >= 0.3 is 17.9 Å². The fourth-order valence-electron chi connectivity index (χ4n) is 7.08. The summed E-state index contributed by atoms with van der Waals surface area (Å²) in [6.45, 7) is 6.50. The predicted molar refractivity (Wildman–Crippen MR) is 252 cm³/mol. The lowest BCUT2D eigenvalue weighted by atomic mass is 10.0. The van der Waals surface area contributed by atoms with Crippen LogP contribution in [0.2, 0.25) is 0 Å². The summed E-state index contributed by atoms with van der Waals surface area (Å²) in [4.78, 5) is 37.8. The minimum absolute atomic E-state index is 0.0779. The van der Waals surface area contributed by atoms with Gasteiger partial charge in [0.15, 0.2) is 6.10 Å². The van der Waals surface area contributed by atoms with E-state index in [2.05, 4.69) is 69.4 Å². The summed E-state index contributed by atoms with van der Waals surface area (Å²) in [5.41, 5.74) is 0. The van der Waals surface area contributed by atoms with Crippen molar-refractivity contribution in [2.24, 2.45) is 0 Å². The predicted octanol–water partition coefficient (Wildman–Crippen LogP) is 16.3. The first-order chi connectivity index (χ1) is 29.0. The summed E-state index contributed by atoms with van der Waals surface area (Å²) in [7, 11) is 0. The third kappa shape index (κ3) is 46.3. The van der Waals surface area contributed by atoms with Gasteiger partial charge in [-0.3, -0.25) is 14.4 Å². The molecule has 0 spiro atoms. The van der Waals surface area contributed by atoms with Gasteiger partial charge in [0.25, 0.3) is 0 Å². The van der Waals surface area contributed by atoms with E-state index in [0.29, 0.717) is 19.3 Å². The summed E-state index contributed by atoms with van der Waals surface area (Å²) >= 11 is 0. The van der Waals surface area contributed by atoms with E-state index in [-0.39, 0.29) is 31.1 Å². The first kappa shape index (κ1) is 56.4. The molecule has 0 aromatic carbocycles. The molecule has 59 heavy (non-hydrogen) atoms. The first-order valence-electron chi connectivity index (χ1n) is 25.1. The molecule has 6 heteroatoms. The number of ether oxygens (including phenoxy) is 3. The lowest BCUT2D eigenvalue weighted by molar-refractivity contribution is -0.167. The van der Waals surface area contributed by atoms with E-state index < -0.39 is 6.10 Å². The smallest absolute Gasteiger partial charge is 0.306 e. The van der Waals surface area contributed by atoms with Crippen molar-refractivity contribution in [3.05, 3.63) is 48.6 Å². The van der Waals surface area contributed by atoms with E-state index in [1.807, 2.05) is 0 Å². The zero-order chi connectivity index (χ0) is 43.0. The van der Waals surface area contributed by atoms with Gasteiger partial charge in [-0.25, -0.2) is 0 Å². The monoisotopic (exact) mass is 827 g/mol. The van der Waals surface area contributed by atoms with Crippen LogP contribution in [0, 0.1) is 0 Å². The molecular weight excluding hydrogens is 733 g/mol. The molecule has 0 N–H and O–H groups in total. The molecule has 0 saturated carbocycles. The number of rotatable bonds is 45. The average molecular weight is 827 g/mol. The first-order valence-corrected chi connectivity index (χ1v) is 25.1. The van der Waals surface area contributed by atoms with Gasteiger partial charge in [-0.2, -0.15) is 0 Å². The molecule has 0 aromatic rings. The number of esters is 3. The van der Waals surface area contributed by atoms with E-state index in [4.69, 9.17) is 14.2 Å². The second kappa shape index (κ2) is 48.0. The van der Waals surface area contributed by atoms with Gasteiger partial charge in [0.2, 0.25) is 0 Å².